The van der Waals surface area contributed by atoms with Crippen LogP contribution in [0.15, 0.2) is 24.3 Å². The Labute approximate surface area is 94.9 Å². The molecule has 3 heteroatoms. The van der Waals surface area contributed by atoms with Gasteiger partial charge in [-0.15, -0.1) is 0 Å². The Bertz CT molecular complexity index is 354. The Kier molecular flexibility index (Phi) is 5.94. The molecule has 0 radical (unpaired) electrons. The molecule has 0 saturated carbocycles. The van der Waals surface area contributed by atoms with E-state index in [1.807, 2.05) is 18.2 Å². The predicted molar refractivity (Wildman–Crippen MR) is 65.6 cm³/mol. The number of benzene rings is 1. The summed E-state index contributed by atoms with van der Waals surface area (Å²) in [6.45, 7) is 0.611. The van der Waals surface area contributed by atoms with Crippen molar-refractivity contribution in [1.29, 1.82) is 0 Å². The Morgan fingerprint density at radius 3 is 2.87 bits per heavy atom. The van der Waals surface area contributed by atoms with Crippen molar-refractivity contribution in [1.82, 2.24) is 0 Å². The van der Waals surface area contributed by atoms with Crippen molar-refractivity contribution in [3.05, 3.63) is 35.4 Å². The molecule has 0 bridgehead atoms. The van der Waals surface area contributed by atoms with Gasteiger partial charge < -0.3 is 10.8 Å². The maximum atomic E-state index is 8.69. The maximum absolute atomic E-state index is 8.69. The lowest BCUT2D eigenvalue weighted by Gasteiger charge is -2.03. The average Bonchev–Trinajstić information content (AvgIpc) is 2.28. The van der Waals surface area contributed by atoms with Crippen molar-refractivity contribution in [2.75, 3.05) is 18.9 Å². The summed E-state index contributed by atoms with van der Waals surface area (Å²) in [5, 5.41) is 8.69. The highest BCUT2D eigenvalue weighted by molar-refractivity contribution is 7.98. The Hall–Kier alpha value is -0.950. The minimum absolute atomic E-state index is 0.224. The summed E-state index contributed by atoms with van der Waals surface area (Å²) >= 11 is 1.70. The quantitative estimate of drug-likeness (QED) is 0.593. The van der Waals surface area contributed by atoms with Crippen LogP contribution in [-0.4, -0.2) is 24.0 Å². The predicted octanol–water partition coefficient (Wildman–Crippen LogP) is 1.22. The molecule has 0 unspecified atom stereocenters. The number of aliphatic hydroxyl groups excluding tert-OH is 1. The van der Waals surface area contributed by atoms with E-state index in [2.05, 4.69) is 17.9 Å². The summed E-state index contributed by atoms with van der Waals surface area (Å²) < 4.78 is 0. The summed E-state index contributed by atoms with van der Waals surface area (Å²) in [5.41, 5.74) is 7.58. The largest absolute Gasteiger partial charge is 0.396 e. The molecule has 80 valence electrons. The molecule has 3 N–H and O–H groups in total. The summed E-state index contributed by atoms with van der Waals surface area (Å²) in [5.74, 6) is 7.55. The van der Waals surface area contributed by atoms with Crippen LogP contribution in [0.2, 0.25) is 0 Å². The van der Waals surface area contributed by atoms with Crippen molar-refractivity contribution in [2.45, 2.75) is 5.75 Å². The fourth-order valence-electron chi connectivity index (χ4n) is 1.16. The minimum Gasteiger partial charge on any atom is -0.396 e. The second kappa shape index (κ2) is 7.36. The van der Waals surface area contributed by atoms with Crippen LogP contribution in [0.5, 0.6) is 0 Å². The average molecular weight is 221 g/mol. The first-order valence-electron chi connectivity index (χ1n) is 4.84. The number of hydrogen-bond donors (Lipinski definition) is 2. The first-order chi connectivity index (χ1) is 7.38. The van der Waals surface area contributed by atoms with E-state index in [0.717, 1.165) is 17.1 Å². The molecule has 0 aliphatic rings. The number of hydrogen-bond acceptors (Lipinski definition) is 3. The first-order valence-corrected chi connectivity index (χ1v) is 5.99. The van der Waals surface area contributed by atoms with Gasteiger partial charge in [0, 0.05) is 17.1 Å². The van der Waals surface area contributed by atoms with E-state index < -0.39 is 0 Å². The molecule has 1 rings (SSSR count). The third-order valence-corrected chi connectivity index (χ3v) is 2.82. The zero-order chi connectivity index (χ0) is 10.9. The van der Waals surface area contributed by atoms with Gasteiger partial charge in [0.1, 0.15) is 0 Å². The molecular weight excluding hydrogens is 206 g/mol. The molecule has 1 aromatic rings. The van der Waals surface area contributed by atoms with Crippen LogP contribution < -0.4 is 5.73 Å². The van der Waals surface area contributed by atoms with E-state index >= 15 is 0 Å². The van der Waals surface area contributed by atoms with E-state index in [1.165, 1.54) is 5.56 Å². The molecule has 15 heavy (non-hydrogen) atoms. The SMILES string of the molecule is NCC#Cc1ccccc1CSCCO. The zero-order valence-electron chi connectivity index (χ0n) is 8.57. The molecule has 0 amide bonds. The molecule has 0 aliphatic carbocycles. The lowest BCUT2D eigenvalue weighted by molar-refractivity contribution is 0.322. The van der Waals surface area contributed by atoms with Gasteiger partial charge in [-0.2, -0.15) is 11.8 Å². The third-order valence-electron chi connectivity index (χ3n) is 1.84. The van der Waals surface area contributed by atoms with Gasteiger partial charge in [0.15, 0.2) is 0 Å². The molecule has 0 fully saturated rings. The van der Waals surface area contributed by atoms with E-state index in [1.54, 1.807) is 11.8 Å². The minimum atomic E-state index is 0.224. The fraction of sp³-hybridized carbons (Fsp3) is 0.333. The van der Waals surface area contributed by atoms with Gasteiger partial charge in [0.2, 0.25) is 0 Å². The van der Waals surface area contributed by atoms with E-state index in [9.17, 15) is 0 Å². The van der Waals surface area contributed by atoms with Gasteiger partial charge >= 0.3 is 0 Å². The number of thioether (sulfide) groups is 1. The third kappa shape index (κ3) is 4.39. The first kappa shape index (κ1) is 12.1. The molecule has 0 atom stereocenters. The summed E-state index contributed by atoms with van der Waals surface area (Å²) in [6, 6.07) is 8.03. The zero-order valence-corrected chi connectivity index (χ0v) is 9.39. The number of rotatable bonds is 4. The second-order valence-electron chi connectivity index (χ2n) is 2.94. The van der Waals surface area contributed by atoms with Crippen LogP contribution in [0.1, 0.15) is 11.1 Å². The highest BCUT2D eigenvalue weighted by atomic mass is 32.2. The van der Waals surface area contributed by atoms with Gasteiger partial charge in [-0.25, -0.2) is 0 Å². The van der Waals surface area contributed by atoms with Crippen LogP contribution in [0, 0.1) is 11.8 Å². The van der Waals surface area contributed by atoms with Gasteiger partial charge in [-0.3, -0.25) is 0 Å². The van der Waals surface area contributed by atoms with Crippen molar-refractivity contribution < 1.29 is 5.11 Å². The molecule has 1 aromatic carbocycles. The van der Waals surface area contributed by atoms with Crippen LogP contribution in [0.4, 0.5) is 0 Å². The molecule has 0 saturated heterocycles. The summed E-state index contributed by atoms with van der Waals surface area (Å²) in [6.07, 6.45) is 0. The normalized spacial score (nSPS) is 9.47. The summed E-state index contributed by atoms with van der Waals surface area (Å²) in [4.78, 5) is 0. The van der Waals surface area contributed by atoms with Crippen molar-refractivity contribution in [3.8, 4) is 11.8 Å². The molecule has 0 spiro atoms. The molecule has 0 aromatic heterocycles. The molecule has 0 aliphatic heterocycles. The maximum Gasteiger partial charge on any atom is 0.0555 e. The van der Waals surface area contributed by atoms with Crippen LogP contribution in [0.3, 0.4) is 0 Å². The molecule has 2 nitrogen and oxygen atoms in total. The van der Waals surface area contributed by atoms with E-state index in [0.29, 0.717) is 6.54 Å². The van der Waals surface area contributed by atoms with Gasteiger partial charge in [-0.05, 0) is 11.6 Å². The Morgan fingerprint density at radius 2 is 2.13 bits per heavy atom. The van der Waals surface area contributed by atoms with Crippen LogP contribution in [-0.2, 0) is 5.75 Å². The van der Waals surface area contributed by atoms with Crippen molar-refractivity contribution in [2.24, 2.45) is 5.73 Å². The van der Waals surface area contributed by atoms with Crippen molar-refractivity contribution in [3.63, 3.8) is 0 Å². The topological polar surface area (TPSA) is 46.2 Å². The van der Waals surface area contributed by atoms with Gasteiger partial charge in [0.25, 0.3) is 0 Å². The van der Waals surface area contributed by atoms with E-state index in [4.69, 9.17) is 10.8 Å². The smallest absolute Gasteiger partial charge is 0.0555 e. The van der Waals surface area contributed by atoms with Crippen LogP contribution >= 0.6 is 11.8 Å². The monoisotopic (exact) mass is 221 g/mol. The van der Waals surface area contributed by atoms with Crippen LogP contribution in [0.25, 0.3) is 0 Å². The fourth-order valence-corrected chi connectivity index (χ4v) is 1.91. The van der Waals surface area contributed by atoms with Gasteiger partial charge in [0.05, 0.1) is 13.2 Å². The number of aliphatic hydroxyl groups is 1. The standard InChI is InChI=1S/C12H15NOS/c13-7-3-6-11-4-1-2-5-12(11)10-15-9-8-14/h1-2,4-5,14H,7-10,13H2. The van der Waals surface area contributed by atoms with Crippen molar-refractivity contribution >= 4 is 11.8 Å². The lowest BCUT2D eigenvalue weighted by atomic mass is 10.1. The molecular formula is C12H15NOS. The molecule has 0 heterocycles. The highest BCUT2D eigenvalue weighted by Gasteiger charge is 1.98. The Balaban J connectivity index is 2.68. The highest BCUT2D eigenvalue weighted by Crippen LogP contribution is 2.15. The lowest BCUT2D eigenvalue weighted by Crippen LogP contribution is -1.94. The Morgan fingerprint density at radius 1 is 1.33 bits per heavy atom. The number of nitrogens with two attached hydrogens (primary N) is 1. The van der Waals surface area contributed by atoms with E-state index in [-0.39, 0.29) is 6.61 Å². The van der Waals surface area contributed by atoms with Gasteiger partial charge in [-0.1, -0.05) is 30.0 Å². The second-order valence-corrected chi connectivity index (χ2v) is 4.04. The summed E-state index contributed by atoms with van der Waals surface area (Å²) in [7, 11) is 0.